The highest BCUT2D eigenvalue weighted by Crippen LogP contribution is 2.45. The molecule has 0 saturated carbocycles. The van der Waals surface area contributed by atoms with Gasteiger partial charge in [-0.15, -0.1) is 0 Å². The van der Waals surface area contributed by atoms with Gasteiger partial charge >= 0.3 is 39.5 Å². The molecule has 0 bridgehead atoms. The van der Waals surface area contributed by atoms with E-state index < -0.39 is 97.5 Å². The third kappa shape index (κ3) is 63.2. The summed E-state index contributed by atoms with van der Waals surface area (Å²) in [5.74, 6) is 0.820. The fourth-order valence-corrected chi connectivity index (χ4v) is 12.0. The second kappa shape index (κ2) is 59.8. The summed E-state index contributed by atoms with van der Waals surface area (Å²) in [5.41, 5.74) is 0. The molecule has 528 valence electrons. The normalized spacial score (nSPS) is 14.6. The van der Waals surface area contributed by atoms with Crippen molar-refractivity contribution in [1.29, 1.82) is 0 Å². The smallest absolute Gasteiger partial charge is 0.462 e. The van der Waals surface area contributed by atoms with Crippen LogP contribution in [0.5, 0.6) is 0 Å². The summed E-state index contributed by atoms with van der Waals surface area (Å²) in [5, 5.41) is 10.6. The number of carbonyl (C=O) groups is 4. The monoisotopic (exact) mass is 1310 g/mol. The molecule has 0 aromatic carbocycles. The first-order chi connectivity index (χ1) is 42.6. The Balaban J connectivity index is 5.21. The Labute approximate surface area is 543 Å². The third-order valence-corrected chi connectivity index (χ3v) is 18.3. The Kier molecular flexibility index (Phi) is 58.5. The molecule has 0 aliphatic carbocycles. The molecule has 3 unspecified atom stereocenters. The van der Waals surface area contributed by atoms with Crippen LogP contribution in [0.4, 0.5) is 0 Å². The largest absolute Gasteiger partial charge is 0.472 e. The quantitative estimate of drug-likeness (QED) is 0.0222. The predicted octanol–water partition coefficient (Wildman–Crippen LogP) is 19.7. The number of phosphoric acid groups is 2. The molecule has 19 heteroatoms. The molecule has 6 atom stereocenters. The van der Waals surface area contributed by atoms with Crippen LogP contribution in [0.25, 0.3) is 0 Å². The first kappa shape index (κ1) is 87.1. The van der Waals surface area contributed by atoms with E-state index in [0.717, 1.165) is 114 Å². The minimum atomic E-state index is -4.95. The molecule has 0 heterocycles. The van der Waals surface area contributed by atoms with Crippen LogP contribution < -0.4 is 0 Å². The first-order valence-electron chi connectivity index (χ1n) is 36.2. The minimum absolute atomic E-state index is 0.101. The van der Waals surface area contributed by atoms with E-state index in [-0.39, 0.29) is 25.7 Å². The Morgan fingerprint density at radius 1 is 0.315 bits per heavy atom. The van der Waals surface area contributed by atoms with Crippen molar-refractivity contribution in [3.63, 3.8) is 0 Å². The summed E-state index contributed by atoms with van der Waals surface area (Å²) in [7, 11) is -9.90. The van der Waals surface area contributed by atoms with E-state index in [1.807, 2.05) is 0 Å². The van der Waals surface area contributed by atoms with Gasteiger partial charge in [-0.05, 0) is 49.4 Å². The number of aliphatic hydroxyl groups is 1. The average molecular weight is 1310 g/mol. The molecule has 0 amide bonds. The van der Waals surface area contributed by atoms with Gasteiger partial charge in [0, 0.05) is 25.7 Å². The Bertz CT molecular complexity index is 1770. The molecule has 0 saturated heterocycles. The lowest BCUT2D eigenvalue weighted by atomic mass is 10.00. The zero-order chi connectivity index (χ0) is 66.1. The van der Waals surface area contributed by atoms with Crippen LogP contribution in [0.15, 0.2) is 0 Å². The zero-order valence-corrected chi connectivity index (χ0v) is 59.8. The van der Waals surface area contributed by atoms with E-state index in [2.05, 4.69) is 55.4 Å². The number of phosphoric ester groups is 2. The van der Waals surface area contributed by atoms with Crippen molar-refractivity contribution < 1.29 is 80.2 Å². The van der Waals surface area contributed by atoms with Gasteiger partial charge in [0.1, 0.15) is 19.3 Å². The Morgan fingerprint density at radius 2 is 0.539 bits per heavy atom. The maximum absolute atomic E-state index is 13.0. The molecule has 0 aromatic heterocycles. The second-order valence-corrected chi connectivity index (χ2v) is 29.8. The SMILES string of the molecule is CCC(C)CCCCCCCCC(=O)OC[C@H](COP(=O)(O)OC[C@H](O)COP(=O)(O)OC[C@@H](COC(=O)CCCCCCCCCCCCC(C)C)OC(=O)CCCCCCCCC(C)C)OC(=O)CCCCCCCCCCCCCCCCC(C)C. The molecule has 17 nitrogen and oxygen atoms in total. The highest BCUT2D eigenvalue weighted by molar-refractivity contribution is 7.47. The van der Waals surface area contributed by atoms with Gasteiger partial charge in [-0.3, -0.25) is 37.3 Å². The maximum Gasteiger partial charge on any atom is 0.472 e. The number of esters is 4. The summed E-state index contributed by atoms with van der Waals surface area (Å²) in [6.45, 7) is 14.0. The molecule has 0 aliphatic heterocycles. The summed E-state index contributed by atoms with van der Waals surface area (Å²) >= 11 is 0. The zero-order valence-electron chi connectivity index (χ0n) is 58.1. The molecule has 0 spiro atoms. The van der Waals surface area contributed by atoms with E-state index in [0.29, 0.717) is 31.6 Å². The average Bonchev–Trinajstić information content (AvgIpc) is 3.60. The van der Waals surface area contributed by atoms with Gasteiger partial charge in [0.25, 0.3) is 0 Å². The van der Waals surface area contributed by atoms with E-state index in [9.17, 15) is 43.2 Å². The van der Waals surface area contributed by atoms with Crippen molar-refractivity contribution in [2.45, 2.75) is 363 Å². The van der Waals surface area contributed by atoms with E-state index >= 15 is 0 Å². The van der Waals surface area contributed by atoms with Crippen LogP contribution >= 0.6 is 15.6 Å². The summed E-state index contributed by atoms with van der Waals surface area (Å²) in [6.07, 6.45) is 41.9. The lowest BCUT2D eigenvalue weighted by molar-refractivity contribution is -0.161. The van der Waals surface area contributed by atoms with E-state index in [1.165, 1.54) is 141 Å². The van der Waals surface area contributed by atoms with Gasteiger partial charge in [-0.1, -0.05) is 293 Å². The molecule has 0 aliphatic rings. The van der Waals surface area contributed by atoms with Crippen LogP contribution in [0.3, 0.4) is 0 Å². The van der Waals surface area contributed by atoms with Crippen molar-refractivity contribution in [3.05, 3.63) is 0 Å². The van der Waals surface area contributed by atoms with Crippen molar-refractivity contribution in [3.8, 4) is 0 Å². The first-order valence-corrected chi connectivity index (χ1v) is 39.2. The highest BCUT2D eigenvalue weighted by atomic mass is 31.2. The number of hydrogen-bond acceptors (Lipinski definition) is 15. The molecule has 89 heavy (non-hydrogen) atoms. The predicted molar refractivity (Wildman–Crippen MR) is 358 cm³/mol. The van der Waals surface area contributed by atoms with Crippen LogP contribution in [0.1, 0.15) is 344 Å². The molecular weight excluding hydrogens is 1170 g/mol. The molecule has 0 rings (SSSR count). The van der Waals surface area contributed by atoms with Gasteiger partial charge < -0.3 is 33.8 Å². The van der Waals surface area contributed by atoms with Crippen LogP contribution in [0.2, 0.25) is 0 Å². The number of hydrogen-bond donors (Lipinski definition) is 3. The topological polar surface area (TPSA) is 237 Å². The molecule has 3 N–H and O–H groups in total. The van der Waals surface area contributed by atoms with Crippen molar-refractivity contribution in [2.24, 2.45) is 23.7 Å². The molecule has 0 radical (unpaired) electrons. The maximum atomic E-state index is 13.0. The Hall–Kier alpha value is -1.94. The Morgan fingerprint density at radius 3 is 0.798 bits per heavy atom. The van der Waals surface area contributed by atoms with Crippen LogP contribution in [0, 0.1) is 23.7 Å². The van der Waals surface area contributed by atoms with Gasteiger partial charge in [0.05, 0.1) is 26.4 Å². The van der Waals surface area contributed by atoms with Crippen molar-refractivity contribution in [1.82, 2.24) is 0 Å². The molecule has 0 aromatic rings. The standard InChI is InChI=1S/C70H136O17P2/c1-9-63(8)49-41-33-27-29-35-43-51-68(73)81-57-65(86-69(74)52-44-36-25-21-15-13-11-10-12-14-18-22-30-38-46-60(2)3)58-84-88(76,77)82-54-64(71)55-83-89(78,79)85-59-66(87-70(75)53-45-37-28-26-32-40-48-62(6)7)56-80-67(72)50-42-34-24-20-17-16-19-23-31-39-47-61(4)5/h60-66,71H,9-59H2,1-8H3,(H,76,77)(H,78,79)/t63?,64-,65+,66+/m0/s1. The van der Waals surface area contributed by atoms with E-state index in [4.69, 9.17) is 37.0 Å². The summed E-state index contributed by atoms with van der Waals surface area (Å²) < 4.78 is 68.2. The number of ether oxygens (including phenoxy) is 4. The summed E-state index contributed by atoms with van der Waals surface area (Å²) in [4.78, 5) is 72.5. The van der Waals surface area contributed by atoms with Gasteiger partial charge in [-0.25, -0.2) is 9.13 Å². The fraction of sp³-hybridized carbons (Fsp3) is 0.943. The van der Waals surface area contributed by atoms with Crippen LogP contribution in [-0.4, -0.2) is 96.7 Å². The number of rotatable bonds is 67. The van der Waals surface area contributed by atoms with Gasteiger partial charge in [0.2, 0.25) is 0 Å². The lowest BCUT2D eigenvalue weighted by Gasteiger charge is -2.21. The minimum Gasteiger partial charge on any atom is -0.462 e. The summed E-state index contributed by atoms with van der Waals surface area (Å²) in [6, 6.07) is 0. The lowest BCUT2D eigenvalue weighted by Crippen LogP contribution is -2.30. The highest BCUT2D eigenvalue weighted by Gasteiger charge is 2.30. The number of unbranched alkanes of at least 4 members (excludes halogenated alkanes) is 32. The third-order valence-electron chi connectivity index (χ3n) is 16.4. The van der Waals surface area contributed by atoms with Crippen molar-refractivity contribution >= 4 is 39.5 Å². The van der Waals surface area contributed by atoms with Crippen molar-refractivity contribution in [2.75, 3.05) is 39.6 Å². The fourth-order valence-electron chi connectivity index (χ4n) is 10.5. The molecular formula is C70H136O17P2. The number of aliphatic hydroxyl groups excluding tert-OH is 1. The van der Waals surface area contributed by atoms with Gasteiger partial charge in [0.15, 0.2) is 12.2 Å². The second-order valence-electron chi connectivity index (χ2n) is 26.9. The van der Waals surface area contributed by atoms with E-state index in [1.54, 1.807) is 0 Å². The van der Waals surface area contributed by atoms with Crippen LogP contribution in [-0.2, 0) is 65.4 Å². The van der Waals surface area contributed by atoms with Gasteiger partial charge in [-0.2, -0.15) is 0 Å². The molecule has 0 fully saturated rings. The number of carbonyl (C=O) groups excluding carboxylic acids is 4.